The maximum atomic E-state index is 12.2. The van der Waals surface area contributed by atoms with Crippen molar-refractivity contribution in [2.45, 2.75) is 17.7 Å². The van der Waals surface area contributed by atoms with E-state index >= 15 is 0 Å². The van der Waals surface area contributed by atoms with Crippen LogP contribution >= 0.6 is 0 Å². The van der Waals surface area contributed by atoms with Crippen LogP contribution in [-0.2, 0) is 10.0 Å². The minimum atomic E-state index is -3.66. The minimum Gasteiger partial charge on any atom is -0.306 e. The summed E-state index contributed by atoms with van der Waals surface area (Å²) in [4.78, 5) is 5.97. The number of sulfonamides is 1. The van der Waals surface area contributed by atoms with Gasteiger partial charge < -0.3 is 4.90 Å². The standard InChI is InChI=1S/C13H18N4O2S/c1-17-7-4-11(5-8-17)10-16-20(18,19)13-3-2-6-15-12(13)9-14/h2-3,6,11,16H,4-5,7-8,10H2,1H3. The molecule has 0 bridgehead atoms. The normalized spacial score (nSPS) is 17.8. The van der Waals surface area contributed by atoms with Crippen molar-refractivity contribution in [2.24, 2.45) is 5.92 Å². The number of rotatable bonds is 4. The molecule has 1 aromatic rings. The van der Waals surface area contributed by atoms with Crippen LogP contribution in [0.25, 0.3) is 0 Å². The zero-order valence-corrected chi connectivity index (χ0v) is 12.2. The predicted octanol–water partition coefficient (Wildman–Crippen LogP) is 0.573. The molecule has 1 aliphatic rings. The summed E-state index contributed by atoms with van der Waals surface area (Å²) in [6.45, 7) is 2.39. The van der Waals surface area contributed by atoms with E-state index in [1.807, 2.05) is 6.07 Å². The molecule has 0 aliphatic carbocycles. The van der Waals surface area contributed by atoms with Gasteiger partial charge in [0.25, 0.3) is 0 Å². The first-order valence-electron chi connectivity index (χ1n) is 6.56. The first-order chi connectivity index (χ1) is 9.53. The maximum absolute atomic E-state index is 12.2. The van der Waals surface area contributed by atoms with E-state index in [9.17, 15) is 8.42 Å². The molecule has 7 heteroatoms. The van der Waals surface area contributed by atoms with Crippen LogP contribution in [0.5, 0.6) is 0 Å². The lowest BCUT2D eigenvalue weighted by Gasteiger charge is -2.28. The second-order valence-corrected chi connectivity index (χ2v) is 6.80. The van der Waals surface area contributed by atoms with Crippen LogP contribution < -0.4 is 4.72 Å². The molecule has 0 saturated carbocycles. The summed E-state index contributed by atoms with van der Waals surface area (Å²) in [6, 6.07) is 4.73. The Balaban J connectivity index is 2.03. The van der Waals surface area contributed by atoms with E-state index in [1.165, 1.54) is 18.3 Å². The molecule has 0 amide bonds. The topological polar surface area (TPSA) is 86.1 Å². The lowest BCUT2D eigenvalue weighted by Crippen LogP contribution is -2.37. The highest BCUT2D eigenvalue weighted by Gasteiger charge is 2.22. The van der Waals surface area contributed by atoms with Crippen molar-refractivity contribution in [1.29, 1.82) is 5.26 Å². The van der Waals surface area contributed by atoms with Crippen molar-refractivity contribution in [2.75, 3.05) is 26.7 Å². The molecule has 1 N–H and O–H groups in total. The van der Waals surface area contributed by atoms with Gasteiger partial charge >= 0.3 is 0 Å². The van der Waals surface area contributed by atoms with Crippen LogP contribution in [0, 0.1) is 17.2 Å². The number of pyridine rings is 1. The highest BCUT2D eigenvalue weighted by molar-refractivity contribution is 7.89. The summed E-state index contributed by atoms with van der Waals surface area (Å²) >= 11 is 0. The lowest BCUT2D eigenvalue weighted by molar-refractivity contribution is 0.220. The third-order valence-electron chi connectivity index (χ3n) is 3.57. The molecule has 2 heterocycles. The quantitative estimate of drug-likeness (QED) is 0.877. The Morgan fingerprint density at radius 1 is 1.50 bits per heavy atom. The lowest BCUT2D eigenvalue weighted by atomic mass is 9.98. The number of nitriles is 1. The van der Waals surface area contributed by atoms with Crippen molar-refractivity contribution >= 4 is 10.0 Å². The van der Waals surface area contributed by atoms with Crippen molar-refractivity contribution in [1.82, 2.24) is 14.6 Å². The van der Waals surface area contributed by atoms with E-state index in [1.54, 1.807) is 0 Å². The summed E-state index contributed by atoms with van der Waals surface area (Å²) in [5, 5.41) is 8.92. The minimum absolute atomic E-state index is 0.0459. The van der Waals surface area contributed by atoms with Crippen LogP contribution in [0.15, 0.2) is 23.2 Å². The molecule has 0 radical (unpaired) electrons. The van der Waals surface area contributed by atoms with Gasteiger partial charge in [0, 0.05) is 12.7 Å². The third-order valence-corrected chi connectivity index (χ3v) is 5.02. The van der Waals surface area contributed by atoms with Gasteiger partial charge in [-0.1, -0.05) is 0 Å². The highest BCUT2D eigenvalue weighted by atomic mass is 32.2. The number of likely N-dealkylation sites (tertiary alicyclic amines) is 1. The Morgan fingerprint density at radius 3 is 2.85 bits per heavy atom. The molecular formula is C13H18N4O2S. The van der Waals surface area contributed by atoms with Gasteiger partial charge in [0.2, 0.25) is 10.0 Å². The summed E-state index contributed by atoms with van der Waals surface area (Å²) in [5.41, 5.74) is -0.0663. The molecule has 0 atom stereocenters. The Bertz CT molecular complexity index is 601. The van der Waals surface area contributed by atoms with Gasteiger partial charge in [-0.3, -0.25) is 0 Å². The van der Waals surface area contributed by atoms with Gasteiger partial charge in [0.05, 0.1) is 0 Å². The van der Waals surface area contributed by atoms with Gasteiger partial charge in [-0.25, -0.2) is 18.1 Å². The molecule has 108 valence electrons. The molecule has 6 nitrogen and oxygen atoms in total. The third kappa shape index (κ3) is 3.54. The molecule has 1 fully saturated rings. The van der Waals surface area contributed by atoms with Gasteiger partial charge in [-0.05, 0) is 51.0 Å². The van der Waals surface area contributed by atoms with Crippen molar-refractivity contribution < 1.29 is 8.42 Å². The van der Waals surface area contributed by atoms with E-state index in [-0.39, 0.29) is 10.6 Å². The smallest absolute Gasteiger partial charge is 0.243 e. The van der Waals surface area contributed by atoms with Crippen molar-refractivity contribution in [3.63, 3.8) is 0 Å². The Hall–Kier alpha value is -1.49. The van der Waals surface area contributed by atoms with Crippen LogP contribution in [0.3, 0.4) is 0 Å². The van der Waals surface area contributed by atoms with E-state index < -0.39 is 10.0 Å². The molecular weight excluding hydrogens is 276 g/mol. The zero-order valence-electron chi connectivity index (χ0n) is 11.4. The van der Waals surface area contributed by atoms with Crippen LogP contribution in [0.4, 0.5) is 0 Å². The molecule has 1 aromatic heterocycles. The highest BCUT2D eigenvalue weighted by Crippen LogP contribution is 2.17. The van der Waals surface area contributed by atoms with E-state index in [4.69, 9.17) is 5.26 Å². The first kappa shape index (κ1) is 14.9. The Morgan fingerprint density at radius 2 is 2.20 bits per heavy atom. The van der Waals surface area contributed by atoms with E-state index in [0.29, 0.717) is 12.5 Å². The molecule has 0 aromatic carbocycles. The fourth-order valence-electron chi connectivity index (χ4n) is 2.26. The van der Waals surface area contributed by atoms with Gasteiger partial charge in [0.1, 0.15) is 11.0 Å². The first-order valence-corrected chi connectivity index (χ1v) is 8.04. The van der Waals surface area contributed by atoms with Crippen LogP contribution in [-0.4, -0.2) is 45.0 Å². The number of hydrogen-bond donors (Lipinski definition) is 1. The fraction of sp³-hybridized carbons (Fsp3) is 0.538. The van der Waals surface area contributed by atoms with Crippen molar-refractivity contribution in [3.05, 3.63) is 24.0 Å². The number of hydrogen-bond acceptors (Lipinski definition) is 5. The largest absolute Gasteiger partial charge is 0.306 e. The van der Waals surface area contributed by atoms with Gasteiger partial charge in [0.15, 0.2) is 5.69 Å². The average molecular weight is 294 g/mol. The van der Waals surface area contributed by atoms with Crippen LogP contribution in [0.2, 0.25) is 0 Å². The predicted molar refractivity (Wildman–Crippen MR) is 74.4 cm³/mol. The molecule has 0 unspecified atom stereocenters. The summed E-state index contributed by atoms with van der Waals surface area (Å²) in [5.74, 6) is 0.350. The summed E-state index contributed by atoms with van der Waals surface area (Å²) in [7, 11) is -1.60. The molecule has 1 saturated heterocycles. The number of aromatic nitrogens is 1. The molecule has 0 spiro atoms. The Kier molecular flexibility index (Phi) is 4.70. The number of nitrogens with zero attached hydrogens (tertiary/aromatic N) is 3. The fourth-order valence-corrected chi connectivity index (χ4v) is 3.48. The second-order valence-electron chi connectivity index (χ2n) is 5.06. The maximum Gasteiger partial charge on any atom is 0.243 e. The van der Waals surface area contributed by atoms with Gasteiger partial charge in [-0.15, -0.1) is 0 Å². The number of nitrogens with one attached hydrogen (secondary N) is 1. The van der Waals surface area contributed by atoms with Crippen LogP contribution in [0.1, 0.15) is 18.5 Å². The zero-order chi connectivity index (χ0) is 14.6. The monoisotopic (exact) mass is 294 g/mol. The average Bonchev–Trinajstić information content (AvgIpc) is 2.46. The molecule has 1 aliphatic heterocycles. The van der Waals surface area contributed by atoms with Gasteiger partial charge in [-0.2, -0.15) is 5.26 Å². The van der Waals surface area contributed by atoms with E-state index in [0.717, 1.165) is 25.9 Å². The Labute approximate surface area is 119 Å². The summed E-state index contributed by atoms with van der Waals surface area (Å²) < 4.78 is 27.0. The number of piperidine rings is 1. The SMILES string of the molecule is CN1CCC(CNS(=O)(=O)c2cccnc2C#N)CC1. The van der Waals surface area contributed by atoms with Crippen molar-refractivity contribution in [3.8, 4) is 6.07 Å². The van der Waals surface area contributed by atoms with E-state index in [2.05, 4.69) is 21.7 Å². The molecule has 2 rings (SSSR count). The molecule has 20 heavy (non-hydrogen) atoms. The summed E-state index contributed by atoms with van der Waals surface area (Å²) in [6.07, 6.45) is 3.38. The second kappa shape index (κ2) is 6.31.